The second-order valence-corrected chi connectivity index (χ2v) is 4.90. The first kappa shape index (κ1) is 6.94. The summed E-state index contributed by atoms with van der Waals surface area (Å²) >= 11 is 5.71. The van der Waals surface area contributed by atoms with Crippen molar-refractivity contribution in [3.8, 4) is 0 Å². The summed E-state index contributed by atoms with van der Waals surface area (Å²) in [6, 6.07) is 0. The standard InChI is InChI=1S/C6H11BrS/c1-5-6(7)3-2-4-8-5/h5-6H,2-4H2,1H3. The average molecular weight is 195 g/mol. The first-order valence-electron chi connectivity index (χ1n) is 3.06. The van der Waals surface area contributed by atoms with E-state index in [0.717, 1.165) is 10.1 Å². The summed E-state index contributed by atoms with van der Waals surface area (Å²) in [5, 5.41) is 0.837. The van der Waals surface area contributed by atoms with Gasteiger partial charge in [-0.3, -0.25) is 0 Å². The van der Waals surface area contributed by atoms with Crippen LogP contribution in [0.25, 0.3) is 0 Å². The molecule has 0 aromatic heterocycles. The van der Waals surface area contributed by atoms with Gasteiger partial charge in [0.2, 0.25) is 0 Å². The lowest BCUT2D eigenvalue weighted by Crippen LogP contribution is -2.18. The summed E-state index contributed by atoms with van der Waals surface area (Å²) < 4.78 is 0. The minimum atomic E-state index is 0.779. The third kappa shape index (κ3) is 1.66. The molecule has 0 aromatic rings. The van der Waals surface area contributed by atoms with Gasteiger partial charge >= 0.3 is 0 Å². The van der Waals surface area contributed by atoms with Crippen molar-refractivity contribution < 1.29 is 0 Å². The van der Waals surface area contributed by atoms with E-state index in [2.05, 4.69) is 34.6 Å². The Hall–Kier alpha value is 0.830. The van der Waals surface area contributed by atoms with Crippen molar-refractivity contribution in [3.05, 3.63) is 0 Å². The minimum Gasteiger partial charge on any atom is -0.158 e. The van der Waals surface area contributed by atoms with Crippen LogP contribution < -0.4 is 0 Å². The molecular formula is C6H11BrS. The smallest absolute Gasteiger partial charge is 0.0262 e. The van der Waals surface area contributed by atoms with Crippen molar-refractivity contribution in [3.63, 3.8) is 0 Å². The molecular weight excluding hydrogens is 184 g/mol. The summed E-state index contributed by atoms with van der Waals surface area (Å²) in [6.45, 7) is 2.29. The van der Waals surface area contributed by atoms with E-state index in [4.69, 9.17) is 0 Å². The summed E-state index contributed by atoms with van der Waals surface area (Å²) in [5.74, 6) is 1.36. The fourth-order valence-corrected chi connectivity index (χ4v) is 2.72. The van der Waals surface area contributed by atoms with Crippen LogP contribution in [0.2, 0.25) is 0 Å². The van der Waals surface area contributed by atoms with Crippen molar-refractivity contribution in [2.75, 3.05) is 5.75 Å². The molecule has 48 valence electrons. The van der Waals surface area contributed by atoms with Gasteiger partial charge in [-0.1, -0.05) is 22.9 Å². The molecule has 1 aliphatic rings. The maximum Gasteiger partial charge on any atom is 0.0262 e. The van der Waals surface area contributed by atoms with Crippen LogP contribution in [-0.2, 0) is 0 Å². The molecule has 8 heavy (non-hydrogen) atoms. The topological polar surface area (TPSA) is 0 Å². The van der Waals surface area contributed by atoms with Crippen LogP contribution in [0, 0.1) is 0 Å². The van der Waals surface area contributed by atoms with E-state index in [9.17, 15) is 0 Å². The zero-order valence-electron chi connectivity index (χ0n) is 5.06. The molecule has 1 fully saturated rings. The number of halogens is 1. The first-order chi connectivity index (χ1) is 3.80. The molecule has 0 nitrogen and oxygen atoms in total. The third-order valence-electron chi connectivity index (χ3n) is 1.51. The van der Waals surface area contributed by atoms with Crippen LogP contribution in [-0.4, -0.2) is 15.8 Å². The predicted molar refractivity (Wildman–Crippen MR) is 43.9 cm³/mol. The minimum absolute atomic E-state index is 0.779. The Balaban J connectivity index is 2.28. The Labute approximate surface area is 63.5 Å². The van der Waals surface area contributed by atoms with Gasteiger partial charge in [0, 0.05) is 10.1 Å². The van der Waals surface area contributed by atoms with Crippen LogP contribution >= 0.6 is 27.7 Å². The largest absolute Gasteiger partial charge is 0.158 e. The third-order valence-corrected chi connectivity index (χ3v) is 4.49. The molecule has 1 saturated heterocycles. The lowest BCUT2D eigenvalue weighted by molar-refractivity contribution is 0.720. The maximum absolute atomic E-state index is 3.63. The highest BCUT2D eigenvalue weighted by Crippen LogP contribution is 2.29. The highest BCUT2D eigenvalue weighted by Gasteiger charge is 2.17. The molecule has 2 unspecified atom stereocenters. The molecule has 1 rings (SSSR count). The summed E-state index contributed by atoms with van der Waals surface area (Å²) in [7, 11) is 0. The molecule has 0 N–H and O–H groups in total. The second-order valence-electron chi connectivity index (χ2n) is 2.23. The van der Waals surface area contributed by atoms with Crippen molar-refractivity contribution in [1.29, 1.82) is 0 Å². The van der Waals surface area contributed by atoms with Gasteiger partial charge in [-0.25, -0.2) is 0 Å². The molecule has 2 heteroatoms. The van der Waals surface area contributed by atoms with Gasteiger partial charge in [0.15, 0.2) is 0 Å². The Morgan fingerprint density at radius 3 is 2.75 bits per heavy atom. The van der Waals surface area contributed by atoms with Crippen LogP contribution in [0.3, 0.4) is 0 Å². The van der Waals surface area contributed by atoms with Crippen LogP contribution in [0.5, 0.6) is 0 Å². The SMILES string of the molecule is CC1SCCCC1Br. The monoisotopic (exact) mass is 194 g/mol. The Kier molecular flexibility index (Phi) is 2.70. The fraction of sp³-hybridized carbons (Fsp3) is 1.00. The Morgan fingerprint density at radius 2 is 2.38 bits per heavy atom. The molecule has 0 radical (unpaired) electrons. The molecule has 1 aliphatic heterocycles. The molecule has 0 aromatic carbocycles. The number of hydrogen-bond donors (Lipinski definition) is 0. The van der Waals surface area contributed by atoms with Gasteiger partial charge < -0.3 is 0 Å². The summed E-state index contributed by atoms with van der Waals surface area (Å²) in [6.07, 6.45) is 2.76. The molecule has 0 bridgehead atoms. The van der Waals surface area contributed by atoms with E-state index in [1.54, 1.807) is 0 Å². The number of hydrogen-bond acceptors (Lipinski definition) is 1. The zero-order valence-corrected chi connectivity index (χ0v) is 7.46. The van der Waals surface area contributed by atoms with Crippen molar-refractivity contribution in [1.82, 2.24) is 0 Å². The normalized spacial score (nSPS) is 39.8. The lowest BCUT2D eigenvalue weighted by atomic mass is 10.2. The van der Waals surface area contributed by atoms with Crippen molar-refractivity contribution in [2.24, 2.45) is 0 Å². The van der Waals surface area contributed by atoms with E-state index in [-0.39, 0.29) is 0 Å². The van der Waals surface area contributed by atoms with Gasteiger partial charge in [-0.05, 0) is 18.6 Å². The van der Waals surface area contributed by atoms with Gasteiger partial charge in [0.25, 0.3) is 0 Å². The van der Waals surface area contributed by atoms with E-state index in [0.29, 0.717) is 0 Å². The highest BCUT2D eigenvalue weighted by atomic mass is 79.9. The van der Waals surface area contributed by atoms with E-state index < -0.39 is 0 Å². The fourth-order valence-electron chi connectivity index (χ4n) is 0.887. The van der Waals surface area contributed by atoms with Gasteiger partial charge in [-0.15, -0.1) is 0 Å². The molecule has 0 spiro atoms. The van der Waals surface area contributed by atoms with Gasteiger partial charge in [-0.2, -0.15) is 11.8 Å². The highest BCUT2D eigenvalue weighted by molar-refractivity contribution is 9.09. The number of thioether (sulfide) groups is 1. The van der Waals surface area contributed by atoms with Crippen molar-refractivity contribution >= 4 is 27.7 Å². The zero-order chi connectivity index (χ0) is 5.98. The molecule has 0 amide bonds. The second kappa shape index (κ2) is 3.11. The van der Waals surface area contributed by atoms with Crippen LogP contribution in [0.15, 0.2) is 0 Å². The maximum atomic E-state index is 3.63. The summed E-state index contributed by atoms with van der Waals surface area (Å²) in [5.41, 5.74) is 0. The predicted octanol–water partition coefficient (Wildman–Crippen LogP) is 2.67. The Bertz CT molecular complexity index is 64.9. The van der Waals surface area contributed by atoms with Crippen molar-refractivity contribution in [2.45, 2.75) is 29.8 Å². The van der Waals surface area contributed by atoms with Crippen LogP contribution in [0.1, 0.15) is 19.8 Å². The molecule has 0 saturated carbocycles. The lowest BCUT2D eigenvalue weighted by Gasteiger charge is -2.22. The number of alkyl halides is 1. The number of rotatable bonds is 0. The van der Waals surface area contributed by atoms with Gasteiger partial charge in [0.05, 0.1) is 0 Å². The average Bonchev–Trinajstić information content (AvgIpc) is 1.77. The molecule has 1 heterocycles. The van der Waals surface area contributed by atoms with E-state index >= 15 is 0 Å². The molecule has 2 atom stereocenters. The molecule has 0 aliphatic carbocycles. The van der Waals surface area contributed by atoms with E-state index in [1.165, 1.54) is 18.6 Å². The summed E-state index contributed by atoms with van der Waals surface area (Å²) in [4.78, 5) is 0.779. The van der Waals surface area contributed by atoms with E-state index in [1.807, 2.05) is 0 Å². The Morgan fingerprint density at radius 1 is 1.62 bits per heavy atom. The quantitative estimate of drug-likeness (QED) is 0.535. The van der Waals surface area contributed by atoms with Crippen LogP contribution in [0.4, 0.5) is 0 Å². The van der Waals surface area contributed by atoms with Gasteiger partial charge in [0.1, 0.15) is 0 Å². The first-order valence-corrected chi connectivity index (χ1v) is 5.03.